The van der Waals surface area contributed by atoms with Crippen LogP contribution in [-0.4, -0.2) is 63.7 Å². The average molecular weight is 237 g/mol. The molecule has 0 spiro atoms. The molecular formula is C9H20N2O5. The van der Waals surface area contributed by atoms with Crippen molar-refractivity contribution in [1.29, 1.82) is 0 Å². The molecule has 0 aliphatic carbocycles. The molecule has 0 radical (unpaired) electrons. The van der Waals surface area contributed by atoms with Gasteiger partial charge in [-0.25, -0.2) is 0 Å². The first-order valence-corrected chi connectivity index (χ1v) is 5.10. The van der Waals surface area contributed by atoms with Gasteiger partial charge in [-0.1, -0.05) is 0 Å². The molecule has 1 saturated heterocycles. The van der Waals surface area contributed by atoms with E-state index < -0.39 is 43.1 Å². The molecule has 7 nitrogen and oxygen atoms in total. The van der Waals surface area contributed by atoms with Crippen molar-refractivity contribution in [2.24, 2.45) is 11.5 Å². The van der Waals surface area contributed by atoms with Crippen molar-refractivity contribution in [3.05, 3.63) is 0 Å². The second-order valence-electron chi connectivity index (χ2n) is 3.92. The van der Waals surface area contributed by atoms with Crippen molar-refractivity contribution in [1.82, 2.24) is 0 Å². The zero-order chi connectivity index (χ0) is 13.2. The summed E-state index contributed by atoms with van der Waals surface area (Å²) in [5, 5.41) is 38.3. The Balaban J connectivity index is 2.83. The molecule has 1 fully saturated rings. The maximum atomic E-state index is 10.1. The highest BCUT2D eigenvalue weighted by Crippen LogP contribution is 2.30. The average Bonchev–Trinajstić information content (AvgIpc) is 2.31. The third kappa shape index (κ3) is 2.51. The Kier molecular flexibility index (Phi) is 4.09. The first-order valence-electron chi connectivity index (χ1n) is 5.68. The third-order valence-corrected chi connectivity index (χ3v) is 2.76. The zero-order valence-electron chi connectivity index (χ0n) is 9.86. The summed E-state index contributed by atoms with van der Waals surface area (Å²) < 4.78 is 12.6. The van der Waals surface area contributed by atoms with E-state index in [9.17, 15) is 15.3 Å². The van der Waals surface area contributed by atoms with Gasteiger partial charge in [0.2, 0.25) is 0 Å². The van der Waals surface area contributed by atoms with E-state index in [1.807, 2.05) is 0 Å². The second-order valence-corrected chi connectivity index (χ2v) is 3.92. The molecule has 2 unspecified atom stereocenters. The molecule has 0 bridgehead atoms. The van der Waals surface area contributed by atoms with Gasteiger partial charge >= 0.3 is 0 Å². The highest BCUT2D eigenvalue weighted by Gasteiger charge is 2.50. The van der Waals surface area contributed by atoms with E-state index in [0.29, 0.717) is 0 Å². The lowest BCUT2D eigenvalue weighted by Crippen LogP contribution is -2.68. The molecule has 96 valence electrons. The zero-order valence-corrected chi connectivity index (χ0v) is 8.86. The number of rotatable bonds is 4. The Morgan fingerprint density at radius 1 is 1.38 bits per heavy atom. The van der Waals surface area contributed by atoms with Gasteiger partial charge < -0.3 is 36.6 Å². The fourth-order valence-electron chi connectivity index (χ4n) is 1.73. The Bertz CT molecular complexity index is 258. The van der Waals surface area contributed by atoms with E-state index in [0.717, 1.165) is 0 Å². The van der Waals surface area contributed by atoms with Crippen LogP contribution in [0.4, 0.5) is 0 Å². The SMILES string of the molecule is [2H]C(CN)CC1(O)O[C@H](CO)[C@@H](O)[C@H](O)[C@H]1N. The van der Waals surface area contributed by atoms with Crippen molar-refractivity contribution < 1.29 is 26.5 Å². The molecule has 8 N–H and O–H groups in total. The van der Waals surface area contributed by atoms with Gasteiger partial charge in [0.1, 0.15) is 18.3 Å². The largest absolute Gasteiger partial charge is 0.394 e. The number of hydrogen-bond acceptors (Lipinski definition) is 7. The van der Waals surface area contributed by atoms with Gasteiger partial charge in [-0.05, 0) is 12.9 Å². The fourth-order valence-corrected chi connectivity index (χ4v) is 1.73. The first kappa shape index (κ1) is 12.2. The molecule has 0 saturated carbocycles. The first-order chi connectivity index (χ1) is 7.85. The van der Waals surface area contributed by atoms with E-state index in [-0.39, 0.29) is 13.0 Å². The highest BCUT2D eigenvalue weighted by molar-refractivity contribution is 4.98. The summed E-state index contributed by atoms with van der Waals surface area (Å²) in [6.07, 6.45) is -4.97. The van der Waals surface area contributed by atoms with Gasteiger partial charge in [0, 0.05) is 7.79 Å². The Hall–Kier alpha value is -0.280. The molecule has 1 aliphatic heterocycles. The van der Waals surface area contributed by atoms with Crippen LogP contribution < -0.4 is 11.5 Å². The van der Waals surface area contributed by atoms with Crippen LogP contribution in [0.15, 0.2) is 0 Å². The number of nitrogens with two attached hydrogens (primary N) is 2. The second kappa shape index (κ2) is 5.37. The van der Waals surface area contributed by atoms with Gasteiger partial charge in [0.15, 0.2) is 5.79 Å². The van der Waals surface area contributed by atoms with Gasteiger partial charge in [-0.15, -0.1) is 0 Å². The quantitative estimate of drug-likeness (QED) is 0.303. The molecule has 7 heteroatoms. The van der Waals surface area contributed by atoms with Gasteiger partial charge in [0.05, 0.1) is 12.6 Å². The molecule has 0 aromatic rings. The molecule has 1 heterocycles. The maximum absolute atomic E-state index is 10.1. The van der Waals surface area contributed by atoms with Gasteiger partial charge in [-0.3, -0.25) is 0 Å². The normalized spacial score (nSPS) is 47.5. The summed E-state index contributed by atoms with van der Waals surface area (Å²) in [5.74, 6) is -1.97. The summed E-state index contributed by atoms with van der Waals surface area (Å²) in [7, 11) is 0. The van der Waals surface area contributed by atoms with Crippen LogP contribution in [0, 0.1) is 0 Å². The summed E-state index contributed by atoms with van der Waals surface area (Å²) in [4.78, 5) is 0. The monoisotopic (exact) mass is 237 g/mol. The summed E-state index contributed by atoms with van der Waals surface area (Å²) >= 11 is 0. The molecular weight excluding hydrogens is 216 g/mol. The lowest BCUT2D eigenvalue weighted by molar-refractivity contribution is -0.316. The van der Waals surface area contributed by atoms with Crippen molar-refractivity contribution in [3.8, 4) is 0 Å². The summed E-state index contributed by atoms with van der Waals surface area (Å²) in [5.41, 5.74) is 10.8. The topological polar surface area (TPSA) is 142 Å². The number of aliphatic hydroxyl groups is 4. The number of aliphatic hydroxyl groups excluding tert-OH is 3. The van der Waals surface area contributed by atoms with Crippen molar-refractivity contribution in [2.75, 3.05) is 13.2 Å². The van der Waals surface area contributed by atoms with Crippen molar-refractivity contribution in [3.63, 3.8) is 0 Å². The van der Waals surface area contributed by atoms with Crippen LogP contribution in [-0.2, 0) is 4.74 Å². The lowest BCUT2D eigenvalue weighted by Gasteiger charge is -2.46. The van der Waals surface area contributed by atoms with Crippen LogP contribution in [0.3, 0.4) is 0 Å². The number of ether oxygens (including phenoxy) is 1. The molecule has 0 aromatic carbocycles. The molecule has 16 heavy (non-hydrogen) atoms. The van der Waals surface area contributed by atoms with Crippen LogP contribution >= 0.6 is 0 Å². The molecule has 1 rings (SSSR count). The third-order valence-electron chi connectivity index (χ3n) is 2.76. The van der Waals surface area contributed by atoms with E-state index in [1.165, 1.54) is 0 Å². The van der Waals surface area contributed by atoms with Gasteiger partial charge in [0.25, 0.3) is 0 Å². The summed E-state index contributed by atoms with van der Waals surface area (Å²) in [6, 6.07) is -1.26. The molecule has 1 aliphatic rings. The predicted octanol–water partition coefficient (Wildman–Crippen LogP) is -3.15. The standard InChI is InChI=1S/C9H20N2O5/c10-3-1-2-9(15)8(11)7(14)6(13)5(4-12)16-9/h5-8,12-15H,1-4,10-11H2/t5-,6-,7+,8-,9?/m1/s1/i1D/t1?,5-,6-,7+,8-,9?. The number of hydrogen-bond donors (Lipinski definition) is 6. The van der Waals surface area contributed by atoms with Gasteiger partial charge in [-0.2, -0.15) is 0 Å². The van der Waals surface area contributed by atoms with E-state index in [1.54, 1.807) is 0 Å². The van der Waals surface area contributed by atoms with Crippen molar-refractivity contribution in [2.45, 2.75) is 43.0 Å². The Labute approximate surface area is 95.0 Å². The molecule has 0 amide bonds. The summed E-state index contributed by atoms with van der Waals surface area (Å²) in [6.45, 7) is -0.570. The van der Waals surface area contributed by atoms with Crippen LogP contribution in [0.1, 0.15) is 14.2 Å². The van der Waals surface area contributed by atoms with Crippen LogP contribution in [0.2, 0.25) is 0 Å². The van der Waals surface area contributed by atoms with Crippen molar-refractivity contribution >= 4 is 0 Å². The molecule has 6 atom stereocenters. The smallest absolute Gasteiger partial charge is 0.184 e. The Morgan fingerprint density at radius 3 is 2.50 bits per heavy atom. The minimum absolute atomic E-state index is 0.000824. The van der Waals surface area contributed by atoms with Crippen LogP contribution in [0.5, 0.6) is 0 Å². The highest BCUT2D eigenvalue weighted by atomic mass is 16.6. The van der Waals surface area contributed by atoms with E-state index in [4.69, 9.17) is 22.7 Å². The fraction of sp³-hybridized carbons (Fsp3) is 1.00. The van der Waals surface area contributed by atoms with E-state index in [2.05, 4.69) is 0 Å². The molecule has 0 aromatic heterocycles. The lowest BCUT2D eigenvalue weighted by atomic mass is 9.88. The van der Waals surface area contributed by atoms with E-state index >= 15 is 0 Å². The predicted molar refractivity (Wildman–Crippen MR) is 55.2 cm³/mol. The minimum Gasteiger partial charge on any atom is -0.394 e. The van der Waals surface area contributed by atoms with Crippen LogP contribution in [0.25, 0.3) is 0 Å². The minimum atomic E-state index is -1.97. The Morgan fingerprint density at radius 2 is 2.00 bits per heavy atom. The maximum Gasteiger partial charge on any atom is 0.184 e.